The highest BCUT2D eigenvalue weighted by atomic mass is 16.7. The van der Waals surface area contributed by atoms with Crippen molar-refractivity contribution in [2.45, 2.75) is 50.5 Å². The van der Waals surface area contributed by atoms with Crippen LogP contribution in [0.4, 0.5) is 0 Å². The monoisotopic (exact) mass is 626 g/mol. The Kier molecular flexibility index (Phi) is 12.4. The summed E-state index contributed by atoms with van der Waals surface area (Å²) in [6.45, 7) is 0.442. The Balaban J connectivity index is 1.46. The summed E-state index contributed by atoms with van der Waals surface area (Å²) in [4.78, 5) is 25.6. The van der Waals surface area contributed by atoms with Crippen molar-refractivity contribution in [2.75, 3.05) is 20.3 Å². The predicted molar refractivity (Wildman–Crippen MR) is 168 cm³/mol. The second-order valence-electron chi connectivity index (χ2n) is 10.7. The molecule has 0 N–H and O–H groups in total. The summed E-state index contributed by atoms with van der Waals surface area (Å²) in [5.74, 6) is -1.22. The van der Waals surface area contributed by atoms with Crippen molar-refractivity contribution in [1.82, 2.24) is 0 Å². The number of esters is 2. The topological polar surface area (TPSA) is 98.8 Å². The standard InChI is InChI=1S/C37H38O9/c1-40-32(38)26-44-37-35(46-36(39)30-20-12-5-13-21-30)34(43-24-29-18-10-4-11-19-29)33(42-23-28-16-8-3-9-17-28)31(45-37)25-41-22-27-14-6-2-7-15-27/h2-21,31,33-35,37H,22-26H2,1H3/t31?,33-,34?,35?,37-/m1/s1. The van der Waals surface area contributed by atoms with Gasteiger partial charge in [0.05, 0.1) is 39.1 Å². The van der Waals surface area contributed by atoms with Crippen LogP contribution >= 0.6 is 0 Å². The van der Waals surface area contributed by atoms with Crippen LogP contribution in [-0.4, -0.2) is 63.0 Å². The van der Waals surface area contributed by atoms with E-state index in [1.807, 2.05) is 97.1 Å². The van der Waals surface area contributed by atoms with Crippen molar-refractivity contribution in [3.05, 3.63) is 144 Å². The van der Waals surface area contributed by atoms with Crippen molar-refractivity contribution in [3.8, 4) is 0 Å². The molecule has 4 aromatic carbocycles. The second kappa shape index (κ2) is 17.4. The van der Waals surface area contributed by atoms with Crippen molar-refractivity contribution in [3.63, 3.8) is 0 Å². The summed E-state index contributed by atoms with van der Waals surface area (Å²) in [6.07, 6.45) is -4.67. The molecule has 0 aliphatic carbocycles. The number of hydrogen-bond acceptors (Lipinski definition) is 9. The van der Waals surface area contributed by atoms with Crippen LogP contribution in [0.1, 0.15) is 27.0 Å². The molecule has 9 nitrogen and oxygen atoms in total. The van der Waals surface area contributed by atoms with Gasteiger partial charge in [0.15, 0.2) is 12.4 Å². The summed E-state index contributed by atoms with van der Waals surface area (Å²) in [6, 6.07) is 37.7. The highest BCUT2D eigenvalue weighted by Gasteiger charge is 2.50. The molecular weight excluding hydrogens is 588 g/mol. The van der Waals surface area contributed by atoms with Gasteiger partial charge in [-0.3, -0.25) is 0 Å². The van der Waals surface area contributed by atoms with E-state index in [1.54, 1.807) is 24.3 Å². The zero-order valence-electron chi connectivity index (χ0n) is 25.6. The lowest BCUT2D eigenvalue weighted by Gasteiger charge is -2.45. The summed E-state index contributed by atoms with van der Waals surface area (Å²) < 4.78 is 42.4. The summed E-state index contributed by atoms with van der Waals surface area (Å²) in [5.41, 5.74) is 3.18. The van der Waals surface area contributed by atoms with E-state index < -0.39 is 49.3 Å². The molecule has 5 rings (SSSR count). The molecule has 9 heteroatoms. The van der Waals surface area contributed by atoms with Crippen LogP contribution in [-0.2, 0) is 57.8 Å². The number of benzene rings is 4. The largest absolute Gasteiger partial charge is 0.467 e. The fourth-order valence-corrected chi connectivity index (χ4v) is 5.04. The maximum Gasteiger partial charge on any atom is 0.338 e. The Morgan fingerprint density at radius 2 is 1.11 bits per heavy atom. The Morgan fingerprint density at radius 1 is 0.609 bits per heavy atom. The first-order chi connectivity index (χ1) is 22.6. The van der Waals surface area contributed by atoms with E-state index in [1.165, 1.54) is 7.11 Å². The van der Waals surface area contributed by atoms with Crippen LogP contribution in [0.3, 0.4) is 0 Å². The zero-order chi connectivity index (χ0) is 32.0. The van der Waals surface area contributed by atoms with Gasteiger partial charge in [0.25, 0.3) is 0 Å². The minimum atomic E-state index is -1.20. The molecule has 1 saturated heterocycles. The van der Waals surface area contributed by atoms with Gasteiger partial charge >= 0.3 is 11.9 Å². The number of ether oxygens (including phenoxy) is 7. The van der Waals surface area contributed by atoms with Crippen LogP contribution in [0, 0.1) is 0 Å². The lowest BCUT2D eigenvalue weighted by molar-refractivity contribution is -0.317. The maximum absolute atomic E-state index is 13.4. The zero-order valence-corrected chi connectivity index (χ0v) is 25.6. The number of carbonyl (C=O) groups is 2. The van der Waals surface area contributed by atoms with Crippen LogP contribution < -0.4 is 0 Å². The molecule has 240 valence electrons. The first-order valence-corrected chi connectivity index (χ1v) is 15.1. The lowest BCUT2D eigenvalue weighted by Crippen LogP contribution is -2.62. The lowest BCUT2D eigenvalue weighted by atomic mass is 9.97. The third kappa shape index (κ3) is 9.56. The molecule has 46 heavy (non-hydrogen) atoms. The Hall–Kier alpha value is -4.38. The molecular formula is C37H38O9. The van der Waals surface area contributed by atoms with Crippen LogP contribution in [0.25, 0.3) is 0 Å². The van der Waals surface area contributed by atoms with Crippen molar-refractivity contribution in [1.29, 1.82) is 0 Å². The number of rotatable bonds is 15. The van der Waals surface area contributed by atoms with E-state index in [-0.39, 0.29) is 19.8 Å². The quantitative estimate of drug-likeness (QED) is 0.158. The van der Waals surface area contributed by atoms with Gasteiger partial charge in [-0.15, -0.1) is 0 Å². The van der Waals surface area contributed by atoms with Crippen LogP contribution in [0.15, 0.2) is 121 Å². The van der Waals surface area contributed by atoms with Gasteiger partial charge in [-0.1, -0.05) is 109 Å². The highest BCUT2D eigenvalue weighted by Crippen LogP contribution is 2.31. The summed E-state index contributed by atoms with van der Waals surface area (Å²) in [5, 5.41) is 0. The van der Waals surface area contributed by atoms with Gasteiger partial charge in [0.1, 0.15) is 24.9 Å². The minimum absolute atomic E-state index is 0.108. The first-order valence-electron chi connectivity index (χ1n) is 15.1. The van der Waals surface area contributed by atoms with Gasteiger partial charge in [0, 0.05) is 0 Å². The molecule has 0 radical (unpaired) electrons. The fraction of sp³-hybridized carbons (Fsp3) is 0.297. The molecule has 0 spiro atoms. The third-order valence-corrected chi connectivity index (χ3v) is 7.40. The van der Waals surface area contributed by atoms with E-state index >= 15 is 0 Å². The van der Waals surface area contributed by atoms with E-state index in [4.69, 9.17) is 33.2 Å². The molecule has 5 atom stereocenters. The van der Waals surface area contributed by atoms with Crippen molar-refractivity contribution < 1.29 is 42.7 Å². The van der Waals surface area contributed by atoms with Gasteiger partial charge in [-0.25, -0.2) is 9.59 Å². The summed E-state index contributed by atoms with van der Waals surface area (Å²) >= 11 is 0. The van der Waals surface area contributed by atoms with E-state index in [0.29, 0.717) is 12.2 Å². The molecule has 1 fully saturated rings. The highest BCUT2D eigenvalue weighted by molar-refractivity contribution is 5.89. The SMILES string of the molecule is COC(=O)CO[C@@H]1OC(COCc2ccccc2)[C@@H](OCc2ccccc2)C(OCc2ccccc2)C1OC(=O)c1ccccc1. The molecule has 0 bridgehead atoms. The smallest absolute Gasteiger partial charge is 0.338 e. The molecule has 3 unspecified atom stereocenters. The molecule has 4 aromatic rings. The van der Waals surface area contributed by atoms with E-state index in [2.05, 4.69) is 0 Å². The van der Waals surface area contributed by atoms with E-state index in [0.717, 1.165) is 16.7 Å². The first kappa shape index (κ1) is 33.0. The Bertz CT molecular complexity index is 1470. The molecule has 0 aromatic heterocycles. The molecule has 1 aliphatic rings. The maximum atomic E-state index is 13.4. The summed E-state index contributed by atoms with van der Waals surface area (Å²) in [7, 11) is 1.26. The van der Waals surface area contributed by atoms with Crippen molar-refractivity contribution in [2.24, 2.45) is 0 Å². The molecule has 0 amide bonds. The Labute approximate surface area is 268 Å². The van der Waals surface area contributed by atoms with Crippen LogP contribution in [0.2, 0.25) is 0 Å². The number of carbonyl (C=O) groups excluding carboxylic acids is 2. The Morgan fingerprint density at radius 3 is 1.65 bits per heavy atom. The van der Waals surface area contributed by atoms with Gasteiger partial charge in [-0.2, -0.15) is 0 Å². The van der Waals surface area contributed by atoms with Gasteiger partial charge in [0.2, 0.25) is 0 Å². The minimum Gasteiger partial charge on any atom is -0.467 e. The second-order valence-corrected chi connectivity index (χ2v) is 10.7. The predicted octanol–water partition coefficient (Wildman–Crippen LogP) is 5.51. The van der Waals surface area contributed by atoms with Crippen molar-refractivity contribution >= 4 is 11.9 Å². The van der Waals surface area contributed by atoms with E-state index in [9.17, 15) is 9.59 Å². The average Bonchev–Trinajstić information content (AvgIpc) is 3.11. The fourth-order valence-electron chi connectivity index (χ4n) is 5.04. The normalized spacial score (nSPS) is 20.9. The molecule has 1 aliphatic heterocycles. The van der Waals surface area contributed by atoms with Gasteiger partial charge in [-0.05, 0) is 28.8 Å². The third-order valence-electron chi connectivity index (χ3n) is 7.40. The number of methoxy groups -OCH3 is 1. The van der Waals surface area contributed by atoms with Gasteiger partial charge < -0.3 is 33.2 Å². The van der Waals surface area contributed by atoms with Crippen LogP contribution in [0.5, 0.6) is 0 Å². The molecule has 1 heterocycles. The molecule has 0 saturated carbocycles. The average molecular weight is 627 g/mol. The number of hydrogen-bond donors (Lipinski definition) is 0.